The van der Waals surface area contributed by atoms with Crippen LogP contribution in [0.1, 0.15) is 12.5 Å². The third-order valence-electron chi connectivity index (χ3n) is 2.53. The Morgan fingerprint density at radius 1 is 1.48 bits per heavy atom. The average molecular weight is 325 g/mol. The third-order valence-corrected chi connectivity index (χ3v) is 3.87. The zero-order valence-electron chi connectivity index (χ0n) is 11.4. The number of carbonyl (C=O) groups is 1. The number of halogens is 1. The van der Waals surface area contributed by atoms with Gasteiger partial charge in [0.1, 0.15) is 0 Å². The van der Waals surface area contributed by atoms with Crippen molar-refractivity contribution in [3.8, 4) is 0 Å². The van der Waals surface area contributed by atoms with Gasteiger partial charge in [0.25, 0.3) is 5.91 Å². The van der Waals surface area contributed by atoms with Crippen LogP contribution in [-0.4, -0.2) is 37.6 Å². The number of hydrazone groups is 1. The van der Waals surface area contributed by atoms with Gasteiger partial charge in [0.15, 0.2) is 0 Å². The van der Waals surface area contributed by atoms with Crippen molar-refractivity contribution in [3.63, 3.8) is 0 Å². The van der Waals surface area contributed by atoms with Gasteiger partial charge in [-0.3, -0.25) is 4.79 Å². The second kappa shape index (κ2) is 7.19. The van der Waals surface area contributed by atoms with E-state index in [0.717, 1.165) is 5.56 Å². The first kappa shape index (κ1) is 15.5. The zero-order valence-corrected chi connectivity index (χ0v) is 13.0. The second-order valence-electron chi connectivity index (χ2n) is 4.09. The van der Waals surface area contributed by atoms with E-state index in [1.807, 2.05) is 18.2 Å². The van der Waals surface area contributed by atoms with Crippen LogP contribution in [0.25, 0.3) is 0 Å². The highest BCUT2D eigenvalue weighted by Crippen LogP contribution is 2.15. The summed E-state index contributed by atoms with van der Waals surface area (Å²) >= 11 is 7.29. The molecule has 0 aliphatic rings. The quantitative estimate of drug-likeness (QED) is 0.512. The molecule has 0 saturated heterocycles. The Bertz CT molecular complexity index is 671. The summed E-state index contributed by atoms with van der Waals surface area (Å²) in [5.74, 6) is -0.0672. The lowest BCUT2D eigenvalue weighted by atomic mass is 10.1. The molecule has 9 heteroatoms. The number of carbonyl (C=O) groups excluding carboxylic acids is 1. The molecule has 0 aliphatic heterocycles. The van der Waals surface area contributed by atoms with Crippen LogP contribution >= 0.6 is 23.4 Å². The standard InChI is InChI=1S/C12H13ClN6OS/c1-8(9-5-3-4-6-10(9)13)14-15-11(20)7-21-12-16-17-18-19(12)2/h3-6H,7H2,1-2H3,(H,15,20)/b14-8+. The number of hydrogen-bond acceptors (Lipinski definition) is 6. The Morgan fingerprint density at radius 2 is 2.24 bits per heavy atom. The van der Waals surface area contributed by atoms with Gasteiger partial charge >= 0.3 is 0 Å². The van der Waals surface area contributed by atoms with Crippen molar-refractivity contribution in [3.05, 3.63) is 34.9 Å². The van der Waals surface area contributed by atoms with Gasteiger partial charge in [0, 0.05) is 17.6 Å². The SMILES string of the molecule is C/C(=N\NC(=O)CSc1nnnn1C)c1ccccc1Cl. The van der Waals surface area contributed by atoms with E-state index in [1.165, 1.54) is 16.4 Å². The predicted octanol–water partition coefficient (Wildman–Crippen LogP) is 1.50. The zero-order chi connectivity index (χ0) is 15.2. The maximum Gasteiger partial charge on any atom is 0.250 e. The molecular weight excluding hydrogens is 312 g/mol. The van der Waals surface area contributed by atoms with Crippen molar-refractivity contribution in [2.75, 3.05) is 5.75 Å². The molecule has 21 heavy (non-hydrogen) atoms. The van der Waals surface area contributed by atoms with Gasteiger partial charge in [0.05, 0.1) is 11.5 Å². The summed E-state index contributed by atoms with van der Waals surface area (Å²) in [5, 5.41) is 16.1. The molecule has 1 heterocycles. The molecule has 1 N–H and O–H groups in total. The molecule has 2 aromatic rings. The van der Waals surface area contributed by atoms with Gasteiger partial charge in [-0.15, -0.1) is 5.10 Å². The Kier molecular flexibility index (Phi) is 5.29. The van der Waals surface area contributed by atoms with Gasteiger partial charge in [-0.2, -0.15) is 5.10 Å². The van der Waals surface area contributed by atoms with Crippen LogP contribution in [0.5, 0.6) is 0 Å². The molecule has 0 bridgehead atoms. The normalized spacial score (nSPS) is 11.5. The van der Waals surface area contributed by atoms with Crippen LogP contribution in [0.15, 0.2) is 34.5 Å². The summed E-state index contributed by atoms with van der Waals surface area (Å²) in [6.07, 6.45) is 0. The maximum absolute atomic E-state index is 11.7. The molecule has 0 saturated carbocycles. The number of amides is 1. The third kappa shape index (κ3) is 4.27. The summed E-state index contributed by atoms with van der Waals surface area (Å²) in [4.78, 5) is 11.7. The number of nitrogens with one attached hydrogen (secondary N) is 1. The number of rotatable bonds is 5. The maximum atomic E-state index is 11.7. The molecule has 110 valence electrons. The minimum atomic E-state index is -0.241. The lowest BCUT2D eigenvalue weighted by molar-refractivity contribution is -0.118. The molecular formula is C12H13ClN6OS. The lowest BCUT2D eigenvalue weighted by Crippen LogP contribution is -2.21. The number of aryl methyl sites for hydroxylation is 1. The molecule has 2 rings (SSSR count). The smallest absolute Gasteiger partial charge is 0.250 e. The van der Waals surface area contributed by atoms with E-state index in [9.17, 15) is 4.79 Å². The van der Waals surface area contributed by atoms with Crippen molar-refractivity contribution in [2.24, 2.45) is 12.1 Å². The summed E-state index contributed by atoms with van der Waals surface area (Å²) < 4.78 is 1.50. The van der Waals surface area contributed by atoms with Gasteiger partial charge in [-0.1, -0.05) is 41.6 Å². The Labute approximate surface area is 130 Å². The van der Waals surface area contributed by atoms with Gasteiger partial charge < -0.3 is 0 Å². The molecule has 0 fully saturated rings. The highest BCUT2D eigenvalue weighted by atomic mass is 35.5. The van der Waals surface area contributed by atoms with Crippen LogP contribution in [0.4, 0.5) is 0 Å². The molecule has 1 aromatic carbocycles. The average Bonchev–Trinajstić information content (AvgIpc) is 2.88. The summed E-state index contributed by atoms with van der Waals surface area (Å²) in [7, 11) is 1.71. The van der Waals surface area contributed by atoms with Gasteiger partial charge in [-0.05, 0) is 23.4 Å². The Balaban J connectivity index is 1.90. The fourth-order valence-electron chi connectivity index (χ4n) is 1.47. The fraction of sp³-hybridized carbons (Fsp3) is 0.250. The number of nitrogens with zero attached hydrogens (tertiary/aromatic N) is 5. The topological polar surface area (TPSA) is 85.1 Å². The van der Waals surface area contributed by atoms with Crippen molar-refractivity contribution < 1.29 is 4.79 Å². The highest BCUT2D eigenvalue weighted by Gasteiger charge is 2.08. The van der Waals surface area contributed by atoms with E-state index in [1.54, 1.807) is 20.0 Å². The molecule has 0 unspecified atom stereocenters. The molecule has 0 spiro atoms. The largest absolute Gasteiger partial charge is 0.272 e. The monoisotopic (exact) mass is 324 g/mol. The first-order chi connectivity index (χ1) is 10.1. The Hall–Kier alpha value is -1.93. The van der Waals surface area contributed by atoms with Gasteiger partial charge in [-0.25, -0.2) is 10.1 Å². The molecule has 0 aliphatic carbocycles. The lowest BCUT2D eigenvalue weighted by Gasteiger charge is -2.04. The minimum Gasteiger partial charge on any atom is -0.272 e. The highest BCUT2D eigenvalue weighted by molar-refractivity contribution is 7.99. The number of thioether (sulfide) groups is 1. The van der Waals surface area contributed by atoms with Crippen LogP contribution < -0.4 is 5.43 Å². The molecule has 7 nitrogen and oxygen atoms in total. The van der Waals surface area contributed by atoms with Gasteiger partial charge in [0.2, 0.25) is 5.16 Å². The molecule has 1 aromatic heterocycles. The van der Waals surface area contributed by atoms with Crippen LogP contribution in [0, 0.1) is 0 Å². The minimum absolute atomic E-state index is 0.174. The van der Waals surface area contributed by atoms with E-state index in [-0.39, 0.29) is 11.7 Å². The summed E-state index contributed by atoms with van der Waals surface area (Å²) in [6.45, 7) is 1.78. The molecule has 0 radical (unpaired) electrons. The van der Waals surface area contributed by atoms with Crippen molar-refractivity contribution in [1.29, 1.82) is 0 Å². The first-order valence-corrected chi connectivity index (χ1v) is 7.37. The van der Waals surface area contributed by atoms with E-state index in [4.69, 9.17) is 11.6 Å². The van der Waals surface area contributed by atoms with E-state index < -0.39 is 0 Å². The van der Waals surface area contributed by atoms with Crippen molar-refractivity contribution in [2.45, 2.75) is 12.1 Å². The number of aromatic nitrogens is 4. The van der Waals surface area contributed by atoms with Crippen LogP contribution in [0.3, 0.4) is 0 Å². The van der Waals surface area contributed by atoms with E-state index >= 15 is 0 Å². The fourth-order valence-corrected chi connectivity index (χ4v) is 2.38. The number of hydrogen-bond donors (Lipinski definition) is 1. The predicted molar refractivity (Wildman–Crippen MR) is 81.3 cm³/mol. The van der Waals surface area contributed by atoms with Crippen LogP contribution in [-0.2, 0) is 11.8 Å². The second-order valence-corrected chi connectivity index (χ2v) is 5.44. The molecule has 1 amide bonds. The summed E-state index contributed by atoms with van der Waals surface area (Å²) in [5.41, 5.74) is 3.90. The van der Waals surface area contributed by atoms with Crippen molar-refractivity contribution >= 4 is 35.0 Å². The number of tetrazole rings is 1. The molecule has 0 atom stereocenters. The van der Waals surface area contributed by atoms with Crippen molar-refractivity contribution in [1.82, 2.24) is 25.6 Å². The number of benzene rings is 1. The van der Waals surface area contributed by atoms with Crippen LogP contribution in [0.2, 0.25) is 5.02 Å². The van der Waals surface area contributed by atoms with E-state index in [0.29, 0.717) is 15.9 Å². The van der Waals surface area contributed by atoms with E-state index in [2.05, 4.69) is 26.1 Å². The Morgan fingerprint density at radius 3 is 2.90 bits per heavy atom. The first-order valence-electron chi connectivity index (χ1n) is 6.01. The summed E-state index contributed by atoms with van der Waals surface area (Å²) in [6, 6.07) is 7.31.